The standard InChI is InChI=1S/C15H25N3OS/c16-13(20)15(6-7-15)14(19)18-10-4-12(5-11-18)17-8-2-1-3-9-17/h12H,1-11H2,(H2,16,20). The number of nitrogens with two attached hydrogens (primary N) is 1. The number of nitrogens with zero attached hydrogens (tertiary/aromatic N) is 2. The molecule has 1 amide bonds. The molecule has 2 heterocycles. The lowest BCUT2D eigenvalue weighted by atomic mass is 9.97. The molecule has 1 saturated carbocycles. The van der Waals surface area contributed by atoms with Crippen molar-refractivity contribution in [1.29, 1.82) is 0 Å². The van der Waals surface area contributed by atoms with Crippen LogP contribution in [0, 0.1) is 5.41 Å². The monoisotopic (exact) mass is 295 g/mol. The summed E-state index contributed by atoms with van der Waals surface area (Å²) >= 11 is 5.09. The van der Waals surface area contributed by atoms with Crippen molar-refractivity contribution in [1.82, 2.24) is 9.80 Å². The summed E-state index contributed by atoms with van der Waals surface area (Å²) in [5.74, 6) is 0.196. The number of thiocarbonyl (C=S) groups is 1. The predicted octanol–water partition coefficient (Wildman–Crippen LogP) is 1.53. The summed E-state index contributed by atoms with van der Waals surface area (Å²) in [5, 5.41) is 0. The topological polar surface area (TPSA) is 49.6 Å². The van der Waals surface area contributed by atoms with E-state index in [-0.39, 0.29) is 5.91 Å². The largest absolute Gasteiger partial charge is 0.392 e. The van der Waals surface area contributed by atoms with Gasteiger partial charge >= 0.3 is 0 Å². The van der Waals surface area contributed by atoms with E-state index in [1.54, 1.807) is 0 Å². The van der Waals surface area contributed by atoms with E-state index in [1.165, 1.54) is 32.4 Å². The van der Waals surface area contributed by atoms with E-state index in [2.05, 4.69) is 4.90 Å². The minimum Gasteiger partial charge on any atom is -0.392 e. The highest BCUT2D eigenvalue weighted by molar-refractivity contribution is 7.80. The van der Waals surface area contributed by atoms with Gasteiger partial charge in [-0.2, -0.15) is 0 Å². The maximum Gasteiger partial charge on any atom is 0.235 e. The number of rotatable bonds is 3. The van der Waals surface area contributed by atoms with Gasteiger partial charge in [0.25, 0.3) is 0 Å². The third-order valence-corrected chi connectivity index (χ3v) is 5.68. The average molecular weight is 295 g/mol. The van der Waals surface area contributed by atoms with Gasteiger partial charge in [0, 0.05) is 19.1 Å². The maximum atomic E-state index is 12.6. The number of piperidine rings is 2. The van der Waals surface area contributed by atoms with Crippen molar-refractivity contribution in [2.24, 2.45) is 11.1 Å². The molecule has 112 valence electrons. The molecule has 0 spiro atoms. The third kappa shape index (κ3) is 2.58. The van der Waals surface area contributed by atoms with E-state index >= 15 is 0 Å². The Morgan fingerprint density at radius 2 is 1.65 bits per heavy atom. The zero-order chi connectivity index (χ0) is 14.2. The van der Waals surface area contributed by atoms with Crippen molar-refractivity contribution >= 4 is 23.1 Å². The van der Waals surface area contributed by atoms with Crippen molar-refractivity contribution in [3.63, 3.8) is 0 Å². The number of hydrogen-bond donors (Lipinski definition) is 1. The van der Waals surface area contributed by atoms with Crippen LogP contribution in [0.4, 0.5) is 0 Å². The fourth-order valence-electron chi connectivity index (χ4n) is 3.71. The van der Waals surface area contributed by atoms with E-state index in [9.17, 15) is 4.79 Å². The van der Waals surface area contributed by atoms with Crippen LogP contribution in [-0.4, -0.2) is 52.9 Å². The third-order valence-electron chi connectivity index (χ3n) is 5.29. The molecule has 2 N–H and O–H groups in total. The fourth-order valence-corrected chi connectivity index (χ4v) is 4.00. The Bertz CT molecular complexity index is 394. The predicted molar refractivity (Wildman–Crippen MR) is 83.5 cm³/mol. The normalized spacial score (nSPS) is 27.3. The van der Waals surface area contributed by atoms with E-state index < -0.39 is 5.41 Å². The second kappa shape index (κ2) is 5.60. The first kappa shape index (κ1) is 14.3. The molecular weight excluding hydrogens is 270 g/mol. The molecule has 0 aromatic rings. The van der Waals surface area contributed by atoms with Gasteiger partial charge in [0.1, 0.15) is 0 Å². The van der Waals surface area contributed by atoms with Crippen LogP contribution in [0.2, 0.25) is 0 Å². The Kier molecular flexibility index (Phi) is 4.00. The molecule has 0 bridgehead atoms. The number of carbonyl (C=O) groups is 1. The van der Waals surface area contributed by atoms with Crippen molar-refractivity contribution in [3.8, 4) is 0 Å². The molecule has 5 heteroatoms. The van der Waals surface area contributed by atoms with Gasteiger partial charge < -0.3 is 15.5 Å². The molecular formula is C15H25N3OS. The Morgan fingerprint density at radius 3 is 2.15 bits per heavy atom. The van der Waals surface area contributed by atoms with Crippen molar-refractivity contribution in [2.45, 2.75) is 51.0 Å². The van der Waals surface area contributed by atoms with E-state index in [1.807, 2.05) is 4.90 Å². The molecule has 4 nitrogen and oxygen atoms in total. The molecule has 3 fully saturated rings. The number of likely N-dealkylation sites (tertiary alicyclic amines) is 2. The summed E-state index contributed by atoms with van der Waals surface area (Å²) in [6.07, 6.45) is 7.98. The smallest absolute Gasteiger partial charge is 0.235 e. The lowest BCUT2D eigenvalue weighted by Crippen LogP contribution is -2.51. The first-order valence-corrected chi connectivity index (χ1v) is 8.38. The molecule has 3 rings (SSSR count). The van der Waals surface area contributed by atoms with E-state index in [0.717, 1.165) is 38.8 Å². The molecule has 0 aromatic carbocycles. The number of amides is 1. The summed E-state index contributed by atoms with van der Waals surface area (Å²) in [4.78, 5) is 17.6. The first-order chi connectivity index (χ1) is 9.63. The van der Waals surface area contributed by atoms with Gasteiger partial charge in [-0.3, -0.25) is 4.79 Å². The van der Waals surface area contributed by atoms with Crippen LogP contribution < -0.4 is 5.73 Å². The van der Waals surface area contributed by atoms with Crippen molar-refractivity contribution in [3.05, 3.63) is 0 Å². The van der Waals surface area contributed by atoms with Gasteiger partial charge in [0.05, 0.1) is 10.4 Å². The van der Waals surface area contributed by atoms with Gasteiger partial charge in [-0.05, 0) is 51.6 Å². The molecule has 0 atom stereocenters. The minimum atomic E-state index is -0.465. The molecule has 3 aliphatic rings. The quantitative estimate of drug-likeness (QED) is 0.802. The van der Waals surface area contributed by atoms with Crippen LogP contribution in [0.25, 0.3) is 0 Å². The van der Waals surface area contributed by atoms with Crippen LogP contribution in [-0.2, 0) is 4.79 Å². The zero-order valence-corrected chi connectivity index (χ0v) is 13.0. The molecule has 20 heavy (non-hydrogen) atoms. The Labute approximate surface area is 126 Å². The van der Waals surface area contributed by atoms with Gasteiger partial charge in [-0.1, -0.05) is 18.6 Å². The summed E-state index contributed by atoms with van der Waals surface area (Å²) in [5.41, 5.74) is 5.30. The minimum absolute atomic E-state index is 0.196. The summed E-state index contributed by atoms with van der Waals surface area (Å²) in [7, 11) is 0. The average Bonchev–Trinajstić information content (AvgIpc) is 3.29. The number of hydrogen-bond acceptors (Lipinski definition) is 3. The molecule has 0 radical (unpaired) electrons. The van der Waals surface area contributed by atoms with Gasteiger partial charge in [-0.15, -0.1) is 0 Å². The van der Waals surface area contributed by atoms with Crippen LogP contribution in [0.3, 0.4) is 0 Å². The zero-order valence-electron chi connectivity index (χ0n) is 12.1. The van der Waals surface area contributed by atoms with Gasteiger partial charge in [0.15, 0.2) is 0 Å². The highest BCUT2D eigenvalue weighted by Gasteiger charge is 2.54. The van der Waals surface area contributed by atoms with Crippen LogP contribution in [0.1, 0.15) is 44.9 Å². The summed E-state index contributed by atoms with van der Waals surface area (Å²) in [6.45, 7) is 4.25. The molecule has 0 aromatic heterocycles. The Balaban J connectivity index is 1.53. The van der Waals surface area contributed by atoms with Crippen molar-refractivity contribution in [2.75, 3.05) is 26.2 Å². The molecule has 2 saturated heterocycles. The van der Waals surface area contributed by atoms with Gasteiger partial charge in [-0.25, -0.2) is 0 Å². The Hall–Kier alpha value is -0.680. The highest BCUT2D eigenvalue weighted by atomic mass is 32.1. The Morgan fingerprint density at radius 1 is 1.05 bits per heavy atom. The SMILES string of the molecule is NC(=S)C1(C(=O)N2CCC(N3CCCCC3)CC2)CC1. The summed E-state index contributed by atoms with van der Waals surface area (Å²) < 4.78 is 0. The first-order valence-electron chi connectivity index (χ1n) is 7.97. The van der Waals surface area contributed by atoms with Crippen LogP contribution >= 0.6 is 12.2 Å². The van der Waals surface area contributed by atoms with E-state index in [4.69, 9.17) is 18.0 Å². The second-order valence-corrected chi connectivity index (χ2v) is 7.01. The van der Waals surface area contributed by atoms with Crippen molar-refractivity contribution < 1.29 is 4.79 Å². The molecule has 0 unspecified atom stereocenters. The molecule has 2 aliphatic heterocycles. The lowest BCUT2D eigenvalue weighted by Gasteiger charge is -2.41. The maximum absolute atomic E-state index is 12.6. The van der Waals surface area contributed by atoms with Crippen LogP contribution in [0.5, 0.6) is 0 Å². The summed E-state index contributed by atoms with van der Waals surface area (Å²) in [6, 6.07) is 0.680. The fraction of sp³-hybridized carbons (Fsp3) is 0.867. The van der Waals surface area contributed by atoms with E-state index in [0.29, 0.717) is 11.0 Å². The van der Waals surface area contributed by atoms with Gasteiger partial charge in [0.2, 0.25) is 5.91 Å². The highest BCUT2D eigenvalue weighted by Crippen LogP contribution is 2.47. The molecule has 1 aliphatic carbocycles. The second-order valence-electron chi connectivity index (χ2n) is 6.57. The lowest BCUT2D eigenvalue weighted by molar-refractivity contribution is -0.136. The van der Waals surface area contributed by atoms with Crippen LogP contribution in [0.15, 0.2) is 0 Å². The number of carbonyl (C=O) groups excluding carboxylic acids is 1.